The average Bonchev–Trinajstić information content (AvgIpc) is 3.09. The van der Waals surface area contributed by atoms with Crippen molar-refractivity contribution in [3.8, 4) is 0 Å². The molecule has 4 rings (SSSR count). The number of carbonyl (C=O) groups excluding carboxylic acids is 2. The van der Waals surface area contributed by atoms with Crippen LogP contribution in [0.3, 0.4) is 0 Å². The Balaban J connectivity index is 1.54. The van der Waals surface area contributed by atoms with Crippen LogP contribution in [0.15, 0.2) is 72.8 Å². The van der Waals surface area contributed by atoms with Crippen molar-refractivity contribution in [3.63, 3.8) is 0 Å². The van der Waals surface area contributed by atoms with Crippen molar-refractivity contribution in [2.45, 2.75) is 20.0 Å². The van der Waals surface area contributed by atoms with E-state index in [9.17, 15) is 14.0 Å². The van der Waals surface area contributed by atoms with Crippen LogP contribution in [0.4, 0.5) is 10.1 Å². The summed E-state index contributed by atoms with van der Waals surface area (Å²) in [6, 6.07) is 20.5. The van der Waals surface area contributed by atoms with Crippen molar-refractivity contribution in [2.24, 2.45) is 0 Å². The van der Waals surface area contributed by atoms with Crippen LogP contribution in [-0.4, -0.2) is 21.4 Å². The van der Waals surface area contributed by atoms with Crippen LogP contribution in [0, 0.1) is 12.7 Å². The van der Waals surface area contributed by atoms with Crippen LogP contribution in [0.1, 0.15) is 21.7 Å². The third-order valence-electron chi connectivity index (χ3n) is 4.83. The highest BCUT2D eigenvalue weighted by atomic mass is 19.1. The molecule has 0 aliphatic rings. The molecule has 0 unspecified atom stereocenters. The SMILES string of the molecule is Cc1cccc(C(=O)NCc2nc3ccccc3n2CC(=O)Nc2cccc(F)c2)c1. The number of rotatable bonds is 6. The minimum absolute atomic E-state index is 0.0212. The lowest BCUT2D eigenvalue weighted by Crippen LogP contribution is -2.26. The molecule has 0 spiro atoms. The van der Waals surface area contributed by atoms with E-state index < -0.39 is 5.82 Å². The van der Waals surface area contributed by atoms with E-state index in [1.54, 1.807) is 16.7 Å². The summed E-state index contributed by atoms with van der Waals surface area (Å²) in [5, 5.41) is 5.57. The number of nitrogens with one attached hydrogen (secondary N) is 2. The van der Waals surface area contributed by atoms with Gasteiger partial charge in [0.05, 0.1) is 17.6 Å². The van der Waals surface area contributed by atoms with Crippen molar-refractivity contribution in [1.82, 2.24) is 14.9 Å². The molecular weight excluding hydrogens is 395 g/mol. The molecule has 1 heterocycles. The van der Waals surface area contributed by atoms with E-state index in [0.29, 0.717) is 17.1 Å². The summed E-state index contributed by atoms with van der Waals surface area (Å²) in [6.45, 7) is 2.06. The van der Waals surface area contributed by atoms with Gasteiger partial charge in [-0.1, -0.05) is 35.9 Å². The second-order valence-electron chi connectivity index (χ2n) is 7.21. The zero-order valence-electron chi connectivity index (χ0n) is 16.9. The number of hydrogen-bond acceptors (Lipinski definition) is 3. The summed E-state index contributed by atoms with van der Waals surface area (Å²) in [5.41, 5.74) is 3.43. The van der Waals surface area contributed by atoms with Gasteiger partial charge in [-0.15, -0.1) is 0 Å². The molecule has 0 bridgehead atoms. The number of nitrogens with zero attached hydrogens (tertiary/aromatic N) is 2. The maximum Gasteiger partial charge on any atom is 0.251 e. The van der Waals surface area contributed by atoms with Gasteiger partial charge in [0, 0.05) is 11.3 Å². The van der Waals surface area contributed by atoms with E-state index >= 15 is 0 Å². The molecule has 0 fully saturated rings. The smallest absolute Gasteiger partial charge is 0.251 e. The van der Waals surface area contributed by atoms with Crippen LogP contribution in [0.5, 0.6) is 0 Å². The molecule has 31 heavy (non-hydrogen) atoms. The van der Waals surface area contributed by atoms with E-state index in [1.807, 2.05) is 49.4 Å². The molecule has 3 aromatic carbocycles. The largest absolute Gasteiger partial charge is 0.345 e. The molecule has 0 radical (unpaired) electrons. The van der Waals surface area contributed by atoms with Crippen LogP contribution in [0.2, 0.25) is 0 Å². The van der Waals surface area contributed by atoms with Gasteiger partial charge in [-0.05, 0) is 49.4 Å². The van der Waals surface area contributed by atoms with Crippen molar-refractivity contribution < 1.29 is 14.0 Å². The molecule has 2 amide bonds. The fourth-order valence-electron chi connectivity index (χ4n) is 3.39. The first-order valence-electron chi connectivity index (χ1n) is 9.84. The number of hydrogen-bond donors (Lipinski definition) is 2. The number of anilines is 1. The fraction of sp³-hybridized carbons (Fsp3) is 0.125. The minimum Gasteiger partial charge on any atom is -0.345 e. The second-order valence-corrected chi connectivity index (χ2v) is 7.21. The van der Waals surface area contributed by atoms with Crippen molar-refractivity contribution in [1.29, 1.82) is 0 Å². The number of carbonyl (C=O) groups is 2. The number of aryl methyl sites for hydroxylation is 1. The minimum atomic E-state index is -0.426. The quantitative estimate of drug-likeness (QED) is 0.498. The Morgan fingerprint density at radius 2 is 1.81 bits per heavy atom. The Morgan fingerprint density at radius 3 is 2.61 bits per heavy atom. The predicted molar refractivity (Wildman–Crippen MR) is 117 cm³/mol. The summed E-state index contributed by atoms with van der Waals surface area (Å²) in [7, 11) is 0. The zero-order chi connectivity index (χ0) is 21.8. The number of fused-ring (bicyclic) bond motifs is 1. The molecular formula is C24H21FN4O2. The lowest BCUT2D eigenvalue weighted by Gasteiger charge is -2.11. The predicted octanol–water partition coefficient (Wildman–Crippen LogP) is 4.05. The number of aromatic nitrogens is 2. The first-order valence-corrected chi connectivity index (χ1v) is 9.84. The van der Waals surface area contributed by atoms with Crippen LogP contribution in [0.25, 0.3) is 11.0 Å². The Bertz CT molecular complexity index is 1270. The highest BCUT2D eigenvalue weighted by Gasteiger charge is 2.15. The first kappa shape index (κ1) is 20.3. The Kier molecular flexibility index (Phi) is 5.75. The topological polar surface area (TPSA) is 76.0 Å². The van der Waals surface area contributed by atoms with E-state index in [0.717, 1.165) is 16.6 Å². The number of halogens is 1. The maximum absolute atomic E-state index is 13.4. The van der Waals surface area contributed by atoms with Gasteiger partial charge in [-0.3, -0.25) is 9.59 Å². The summed E-state index contributed by atoms with van der Waals surface area (Å²) in [5.74, 6) is -0.409. The van der Waals surface area contributed by atoms with Crippen LogP contribution in [-0.2, 0) is 17.9 Å². The normalized spacial score (nSPS) is 10.8. The number of amides is 2. The fourth-order valence-corrected chi connectivity index (χ4v) is 3.39. The molecule has 0 saturated heterocycles. The summed E-state index contributed by atoms with van der Waals surface area (Å²) >= 11 is 0. The molecule has 156 valence electrons. The molecule has 0 saturated carbocycles. The Hall–Kier alpha value is -4.00. The van der Waals surface area contributed by atoms with Gasteiger partial charge in [0.2, 0.25) is 5.91 Å². The third kappa shape index (κ3) is 4.78. The van der Waals surface area contributed by atoms with E-state index in [2.05, 4.69) is 15.6 Å². The van der Waals surface area contributed by atoms with Gasteiger partial charge in [-0.25, -0.2) is 9.37 Å². The summed E-state index contributed by atoms with van der Waals surface area (Å²) < 4.78 is 15.2. The molecule has 0 aliphatic carbocycles. The van der Waals surface area contributed by atoms with Crippen LogP contribution < -0.4 is 10.6 Å². The molecule has 4 aromatic rings. The molecule has 1 aromatic heterocycles. The van der Waals surface area contributed by atoms with Gasteiger partial charge in [-0.2, -0.15) is 0 Å². The zero-order valence-corrected chi connectivity index (χ0v) is 16.9. The lowest BCUT2D eigenvalue weighted by atomic mass is 10.1. The highest BCUT2D eigenvalue weighted by Crippen LogP contribution is 2.17. The van der Waals surface area contributed by atoms with E-state index in [1.165, 1.54) is 18.2 Å². The maximum atomic E-state index is 13.4. The van der Waals surface area contributed by atoms with Crippen molar-refractivity contribution >= 4 is 28.5 Å². The van der Waals surface area contributed by atoms with Crippen LogP contribution >= 0.6 is 0 Å². The molecule has 0 atom stereocenters. The molecule has 7 heteroatoms. The lowest BCUT2D eigenvalue weighted by molar-refractivity contribution is -0.116. The van der Waals surface area contributed by atoms with Gasteiger partial charge < -0.3 is 15.2 Å². The highest BCUT2D eigenvalue weighted by molar-refractivity contribution is 5.94. The van der Waals surface area contributed by atoms with Gasteiger partial charge in [0.25, 0.3) is 5.91 Å². The third-order valence-corrected chi connectivity index (χ3v) is 4.83. The molecule has 0 aliphatic heterocycles. The Labute approximate surface area is 178 Å². The summed E-state index contributed by atoms with van der Waals surface area (Å²) in [6.07, 6.45) is 0. The van der Waals surface area contributed by atoms with Gasteiger partial charge in [0.15, 0.2) is 0 Å². The number of para-hydroxylation sites is 2. The van der Waals surface area contributed by atoms with Crippen molar-refractivity contribution in [3.05, 3.63) is 95.6 Å². The number of imidazole rings is 1. The van der Waals surface area contributed by atoms with E-state index in [-0.39, 0.29) is 24.9 Å². The molecule has 6 nitrogen and oxygen atoms in total. The average molecular weight is 416 g/mol. The van der Waals surface area contributed by atoms with Crippen molar-refractivity contribution in [2.75, 3.05) is 5.32 Å². The second kappa shape index (κ2) is 8.79. The first-order chi connectivity index (χ1) is 15.0. The van der Waals surface area contributed by atoms with E-state index in [4.69, 9.17) is 0 Å². The standard InChI is InChI=1S/C24H21FN4O2/c1-16-6-4-7-17(12-16)24(31)26-14-22-28-20-10-2-3-11-21(20)29(22)15-23(30)27-19-9-5-8-18(25)13-19/h2-13H,14-15H2,1H3,(H,26,31)(H,27,30). The van der Waals surface area contributed by atoms with Gasteiger partial charge >= 0.3 is 0 Å². The molecule has 2 N–H and O–H groups in total. The Morgan fingerprint density at radius 1 is 1.00 bits per heavy atom. The van der Waals surface area contributed by atoms with Gasteiger partial charge in [0.1, 0.15) is 18.2 Å². The summed E-state index contributed by atoms with van der Waals surface area (Å²) in [4.78, 5) is 29.7. The monoisotopic (exact) mass is 416 g/mol. The number of benzene rings is 3.